The molecule has 0 saturated heterocycles. The third-order valence-electron chi connectivity index (χ3n) is 8.07. The van der Waals surface area contributed by atoms with Crippen molar-refractivity contribution in [3.63, 3.8) is 0 Å². The fraction of sp³-hybridized carbons (Fsp3) is 0.0556. The normalized spacial score (nSPS) is 12.3. The molecule has 0 saturated carbocycles. The highest BCUT2D eigenvalue weighted by Gasteiger charge is 2.25. The van der Waals surface area contributed by atoms with Gasteiger partial charge in [-0.15, -0.1) is 50.5 Å². The van der Waals surface area contributed by atoms with E-state index in [4.69, 9.17) is 0 Å². The maximum atomic E-state index is 4.49. The van der Waals surface area contributed by atoms with E-state index in [1.807, 2.05) is 12.2 Å². The van der Waals surface area contributed by atoms with Crippen LogP contribution in [-0.2, 0) is 12.8 Å². The summed E-state index contributed by atoms with van der Waals surface area (Å²) in [5, 5.41) is 0. The van der Waals surface area contributed by atoms with Crippen LogP contribution in [0.5, 0.6) is 0 Å². The van der Waals surface area contributed by atoms with Gasteiger partial charge < -0.3 is 0 Å². The molecule has 0 atom stereocenters. The molecule has 0 aromatic heterocycles. The van der Waals surface area contributed by atoms with E-state index in [-0.39, 0.29) is 0 Å². The summed E-state index contributed by atoms with van der Waals surface area (Å²) in [6.07, 6.45) is 5.93. The minimum absolute atomic E-state index is 0.693. The number of fused-ring (bicyclic) bond motifs is 6. The molecule has 0 aliphatic heterocycles. The SMILES string of the molecule is SC(S)=Cc1ccc2c(c1-c1ccc(-c3c(C=C(S)S)ccc4c3Cc3ccccc3-4)cc1)Cc1ccccc1-2. The van der Waals surface area contributed by atoms with Crippen molar-refractivity contribution in [3.05, 3.63) is 139 Å². The predicted octanol–water partition coefficient (Wildman–Crippen LogP) is 10.5. The van der Waals surface area contributed by atoms with Crippen molar-refractivity contribution >= 4 is 62.7 Å². The third kappa shape index (κ3) is 4.48. The molecule has 0 heterocycles. The highest BCUT2D eigenvalue weighted by atomic mass is 32.2. The number of hydrogen-bond acceptors (Lipinski definition) is 4. The van der Waals surface area contributed by atoms with Crippen molar-refractivity contribution in [1.29, 1.82) is 0 Å². The predicted molar refractivity (Wildman–Crippen MR) is 186 cm³/mol. The van der Waals surface area contributed by atoms with Crippen LogP contribution in [0.25, 0.3) is 56.7 Å². The summed E-state index contributed by atoms with van der Waals surface area (Å²) in [7, 11) is 0. The first-order chi connectivity index (χ1) is 19.5. The smallest absolute Gasteiger partial charge is 0.0345 e. The molecule has 194 valence electrons. The first kappa shape index (κ1) is 25.9. The lowest BCUT2D eigenvalue weighted by molar-refractivity contribution is 1.26. The maximum Gasteiger partial charge on any atom is 0.0345 e. The van der Waals surface area contributed by atoms with Crippen LogP contribution in [0.4, 0.5) is 0 Å². The van der Waals surface area contributed by atoms with Crippen molar-refractivity contribution in [2.45, 2.75) is 12.8 Å². The molecule has 40 heavy (non-hydrogen) atoms. The van der Waals surface area contributed by atoms with Gasteiger partial charge in [0.25, 0.3) is 0 Å². The Labute approximate surface area is 257 Å². The van der Waals surface area contributed by atoms with Crippen LogP contribution in [-0.4, -0.2) is 0 Å². The zero-order valence-corrected chi connectivity index (χ0v) is 25.2. The molecule has 0 radical (unpaired) electrons. The first-order valence-electron chi connectivity index (χ1n) is 13.3. The number of benzene rings is 5. The summed E-state index contributed by atoms with van der Waals surface area (Å²) in [5.41, 5.74) is 17.9. The highest BCUT2D eigenvalue weighted by molar-refractivity contribution is 8.05. The summed E-state index contributed by atoms with van der Waals surface area (Å²) in [4.78, 5) is 0. The Kier molecular flexibility index (Phi) is 6.76. The van der Waals surface area contributed by atoms with Gasteiger partial charge in [0, 0.05) is 8.47 Å². The molecule has 0 nitrogen and oxygen atoms in total. The molecular formula is C36H26S4. The Morgan fingerprint density at radius 1 is 0.450 bits per heavy atom. The van der Waals surface area contributed by atoms with Crippen molar-refractivity contribution in [1.82, 2.24) is 0 Å². The molecule has 5 aromatic carbocycles. The molecule has 4 heteroatoms. The lowest BCUT2D eigenvalue weighted by atomic mass is 9.88. The van der Waals surface area contributed by atoms with Crippen LogP contribution in [0.15, 0.2) is 106 Å². The lowest BCUT2D eigenvalue weighted by Crippen LogP contribution is -1.95. The molecule has 0 unspecified atom stereocenters. The summed E-state index contributed by atoms with van der Waals surface area (Å²) < 4.78 is 1.39. The van der Waals surface area contributed by atoms with Crippen LogP contribution in [0, 0.1) is 0 Å². The van der Waals surface area contributed by atoms with Gasteiger partial charge in [0.15, 0.2) is 0 Å². The molecule has 0 N–H and O–H groups in total. The Balaban J connectivity index is 1.38. The first-order valence-corrected chi connectivity index (χ1v) is 15.0. The van der Waals surface area contributed by atoms with Crippen LogP contribution in [0.1, 0.15) is 33.4 Å². The molecule has 0 amide bonds. The monoisotopic (exact) mass is 586 g/mol. The van der Waals surface area contributed by atoms with Gasteiger partial charge in [-0.05, 0) is 103 Å². The van der Waals surface area contributed by atoms with Gasteiger partial charge in [0.05, 0.1) is 0 Å². The Hall–Kier alpha value is -3.02. The molecule has 2 aliphatic rings. The van der Waals surface area contributed by atoms with E-state index in [1.54, 1.807) is 0 Å². The second-order valence-electron chi connectivity index (χ2n) is 10.4. The van der Waals surface area contributed by atoms with Gasteiger partial charge in [-0.3, -0.25) is 0 Å². The van der Waals surface area contributed by atoms with Crippen molar-refractivity contribution in [2.24, 2.45) is 0 Å². The third-order valence-corrected chi connectivity index (χ3v) is 8.59. The van der Waals surface area contributed by atoms with Crippen LogP contribution < -0.4 is 0 Å². The van der Waals surface area contributed by atoms with Crippen molar-refractivity contribution < 1.29 is 0 Å². The highest BCUT2D eigenvalue weighted by Crippen LogP contribution is 2.46. The topological polar surface area (TPSA) is 0 Å². The number of thiol groups is 4. The standard InChI is InChI=1S/C36H26S4/c37-33(38)19-25-13-15-29-27-7-3-1-5-23(27)17-31(29)35(25)21-9-11-22(12-10-21)36-26(20-34(39)40)14-16-30-28-8-4-2-6-24(28)18-32(30)36/h1-16,19-20,37-40H,17-18H2. The Morgan fingerprint density at radius 3 is 1.25 bits per heavy atom. The van der Waals surface area contributed by atoms with Crippen LogP contribution in [0.2, 0.25) is 0 Å². The van der Waals surface area contributed by atoms with Crippen molar-refractivity contribution in [3.8, 4) is 44.5 Å². The second-order valence-corrected chi connectivity index (χ2v) is 13.0. The van der Waals surface area contributed by atoms with E-state index in [0.29, 0.717) is 8.47 Å². The van der Waals surface area contributed by atoms with E-state index in [0.717, 1.165) is 24.0 Å². The average Bonchev–Trinajstić information content (AvgIpc) is 3.51. The van der Waals surface area contributed by atoms with Gasteiger partial charge in [0.2, 0.25) is 0 Å². The molecule has 5 aromatic rings. The van der Waals surface area contributed by atoms with Crippen molar-refractivity contribution in [2.75, 3.05) is 0 Å². The summed E-state index contributed by atoms with van der Waals surface area (Å²) in [6.45, 7) is 0. The fourth-order valence-corrected chi connectivity index (χ4v) is 7.02. The zero-order chi connectivity index (χ0) is 27.4. The molecule has 0 fully saturated rings. The number of rotatable bonds is 4. The Morgan fingerprint density at radius 2 is 0.850 bits per heavy atom. The Bertz CT molecular complexity index is 1730. The zero-order valence-electron chi connectivity index (χ0n) is 21.6. The van der Waals surface area contributed by atoms with Gasteiger partial charge >= 0.3 is 0 Å². The molecule has 2 aliphatic carbocycles. The quantitative estimate of drug-likeness (QED) is 0.145. The average molecular weight is 587 g/mol. The largest absolute Gasteiger partial charge is 0.137 e. The minimum Gasteiger partial charge on any atom is -0.137 e. The summed E-state index contributed by atoms with van der Waals surface area (Å²) in [6, 6.07) is 35.4. The maximum absolute atomic E-state index is 4.49. The van der Waals surface area contributed by atoms with E-state index in [1.165, 1.54) is 66.8 Å². The van der Waals surface area contributed by atoms with Crippen LogP contribution in [0.3, 0.4) is 0 Å². The summed E-state index contributed by atoms with van der Waals surface area (Å²) in [5.74, 6) is 0. The van der Waals surface area contributed by atoms with E-state index >= 15 is 0 Å². The van der Waals surface area contributed by atoms with Gasteiger partial charge in [-0.2, -0.15) is 0 Å². The van der Waals surface area contributed by atoms with Gasteiger partial charge in [-0.1, -0.05) is 97.1 Å². The fourth-order valence-electron chi connectivity index (χ4n) is 6.46. The van der Waals surface area contributed by atoms with E-state index in [2.05, 4.69) is 148 Å². The minimum atomic E-state index is 0.693. The lowest BCUT2D eigenvalue weighted by Gasteiger charge is -2.16. The molecule has 0 spiro atoms. The second kappa shape index (κ2) is 10.4. The van der Waals surface area contributed by atoms with E-state index in [9.17, 15) is 0 Å². The molecule has 7 rings (SSSR count). The number of hydrogen-bond donors (Lipinski definition) is 4. The summed E-state index contributed by atoms with van der Waals surface area (Å²) >= 11 is 18.0. The van der Waals surface area contributed by atoms with Gasteiger partial charge in [0.1, 0.15) is 0 Å². The molecular weight excluding hydrogens is 561 g/mol. The van der Waals surface area contributed by atoms with E-state index < -0.39 is 0 Å². The molecule has 0 bridgehead atoms. The van der Waals surface area contributed by atoms with Gasteiger partial charge in [-0.25, -0.2) is 0 Å². The van der Waals surface area contributed by atoms with Crippen LogP contribution >= 0.6 is 50.5 Å².